The van der Waals surface area contributed by atoms with Gasteiger partial charge in [-0.2, -0.15) is 4.39 Å². The molecule has 6 heteroatoms. The molecule has 1 heterocycles. The van der Waals surface area contributed by atoms with E-state index in [4.69, 9.17) is 15.4 Å². The van der Waals surface area contributed by atoms with Gasteiger partial charge in [-0.05, 0) is 6.07 Å². The fraction of sp³-hybridized carbons (Fsp3) is 0.400. The first-order valence-electron chi connectivity index (χ1n) is 4.85. The molecular weight excluding hydrogens is 217 g/mol. The predicted molar refractivity (Wildman–Crippen MR) is 52.9 cm³/mol. The first-order valence-corrected chi connectivity index (χ1v) is 4.85. The number of halogens is 1. The van der Waals surface area contributed by atoms with E-state index in [2.05, 4.69) is 4.84 Å². The lowest BCUT2D eigenvalue weighted by Crippen LogP contribution is -2.17. The lowest BCUT2D eigenvalue weighted by atomic mass is 10.1. The molecule has 0 saturated heterocycles. The molecule has 16 heavy (non-hydrogen) atoms. The fourth-order valence-electron chi connectivity index (χ4n) is 1.55. The van der Waals surface area contributed by atoms with E-state index in [1.54, 1.807) is 0 Å². The molecule has 0 spiro atoms. The van der Waals surface area contributed by atoms with Crippen molar-refractivity contribution < 1.29 is 23.8 Å². The molecule has 0 amide bonds. The van der Waals surface area contributed by atoms with Crippen LogP contribution in [-0.4, -0.2) is 24.9 Å². The van der Waals surface area contributed by atoms with Crippen LogP contribution >= 0.6 is 0 Å². The van der Waals surface area contributed by atoms with Gasteiger partial charge in [0.2, 0.25) is 11.6 Å². The lowest BCUT2D eigenvalue weighted by Gasteiger charge is -2.20. The number of ether oxygens (including phenoxy) is 2. The zero-order valence-corrected chi connectivity index (χ0v) is 8.53. The van der Waals surface area contributed by atoms with Crippen molar-refractivity contribution in [1.82, 2.24) is 0 Å². The highest BCUT2D eigenvalue weighted by molar-refractivity contribution is 5.52. The molecular formula is C10H12FNO4. The molecule has 0 bridgehead atoms. The van der Waals surface area contributed by atoms with Crippen LogP contribution in [0.15, 0.2) is 6.07 Å². The highest BCUT2D eigenvalue weighted by Crippen LogP contribution is 2.40. The quantitative estimate of drug-likeness (QED) is 0.747. The summed E-state index contributed by atoms with van der Waals surface area (Å²) >= 11 is 0. The zero-order valence-electron chi connectivity index (χ0n) is 8.53. The van der Waals surface area contributed by atoms with Crippen molar-refractivity contribution in [3.8, 4) is 17.2 Å². The molecule has 3 N–H and O–H groups in total. The molecule has 1 aromatic carbocycles. The summed E-state index contributed by atoms with van der Waals surface area (Å²) in [5.41, 5.74) is 0.382. The molecule has 0 unspecified atom stereocenters. The minimum Gasteiger partial charge on any atom is -0.505 e. The molecule has 1 aromatic rings. The Bertz CT molecular complexity index is 397. The number of fused-ring (bicyclic) bond motifs is 1. The topological polar surface area (TPSA) is 73.9 Å². The van der Waals surface area contributed by atoms with Crippen LogP contribution in [0.5, 0.6) is 17.2 Å². The van der Waals surface area contributed by atoms with Crippen molar-refractivity contribution in [1.29, 1.82) is 0 Å². The minimum absolute atomic E-state index is 0.0406. The molecule has 88 valence electrons. The van der Waals surface area contributed by atoms with Gasteiger partial charge in [-0.25, -0.2) is 5.90 Å². The number of aromatic hydroxyl groups is 1. The smallest absolute Gasteiger partial charge is 0.210 e. The second kappa shape index (κ2) is 4.54. The van der Waals surface area contributed by atoms with Crippen molar-refractivity contribution in [2.45, 2.75) is 6.42 Å². The van der Waals surface area contributed by atoms with E-state index < -0.39 is 11.6 Å². The molecule has 0 aliphatic carbocycles. The first-order chi connectivity index (χ1) is 7.74. The van der Waals surface area contributed by atoms with Crippen LogP contribution in [0.3, 0.4) is 0 Å². The van der Waals surface area contributed by atoms with Gasteiger partial charge < -0.3 is 19.4 Å². The van der Waals surface area contributed by atoms with Crippen LogP contribution in [0, 0.1) is 5.82 Å². The third-order valence-corrected chi connectivity index (χ3v) is 2.32. The minimum atomic E-state index is -0.802. The molecule has 0 aromatic heterocycles. The average Bonchev–Trinajstić information content (AvgIpc) is 2.32. The largest absolute Gasteiger partial charge is 0.505 e. The van der Waals surface area contributed by atoms with Crippen LogP contribution in [-0.2, 0) is 11.3 Å². The summed E-state index contributed by atoms with van der Waals surface area (Å²) in [5, 5.41) is 9.57. The Balaban J connectivity index is 2.36. The van der Waals surface area contributed by atoms with E-state index in [-0.39, 0.29) is 19.0 Å². The summed E-state index contributed by atoms with van der Waals surface area (Å²) in [4.78, 5) is 4.38. The van der Waals surface area contributed by atoms with Crippen LogP contribution in [0.25, 0.3) is 0 Å². The average molecular weight is 229 g/mol. The van der Waals surface area contributed by atoms with Crippen molar-refractivity contribution >= 4 is 0 Å². The zero-order chi connectivity index (χ0) is 11.5. The summed E-state index contributed by atoms with van der Waals surface area (Å²) in [6.07, 6.45) is 0.301. The molecule has 0 radical (unpaired) electrons. The molecule has 5 nitrogen and oxygen atoms in total. The number of benzene rings is 1. The normalized spacial score (nSPS) is 13.9. The maximum Gasteiger partial charge on any atom is 0.210 e. The molecule has 0 atom stereocenters. The molecule has 1 aliphatic heterocycles. The number of rotatable bonds is 3. The van der Waals surface area contributed by atoms with Gasteiger partial charge in [0.1, 0.15) is 13.2 Å². The molecule has 0 fully saturated rings. The summed E-state index contributed by atoms with van der Waals surface area (Å²) in [6, 6.07) is 1.53. The number of hydrogen-bond acceptors (Lipinski definition) is 5. The van der Waals surface area contributed by atoms with E-state index in [0.29, 0.717) is 24.3 Å². The SMILES string of the molecule is NOCCc1cc2c(c(F)c1O)OCCO2. The Morgan fingerprint density at radius 3 is 2.94 bits per heavy atom. The van der Waals surface area contributed by atoms with Crippen LogP contribution in [0.2, 0.25) is 0 Å². The second-order valence-electron chi connectivity index (χ2n) is 3.34. The van der Waals surface area contributed by atoms with Crippen LogP contribution < -0.4 is 15.4 Å². The third kappa shape index (κ3) is 1.89. The predicted octanol–water partition coefficient (Wildman–Crippen LogP) is 0.735. The Kier molecular flexibility index (Phi) is 3.12. The maximum absolute atomic E-state index is 13.6. The van der Waals surface area contributed by atoms with E-state index in [1.165, 1.54) is 6.07 Å². The summed E-state index contributed by atoms with van der Waals surface area (Å²) < 4.78 is 24.0. The van der Waals surface area contributed by atoms with Gasteiger partial charge >= 0.3 is 0 Å². The van der Waals surface area contributed by atoms with Crippen LogP contribution in [0.1, 0.15) is 5.56 Å². The van der Waals surface area contributed by atoms with Gasteiger partial charge in [0.25, 0.3) is 0 Å². The Morgan fingerprint density at radius 2 is 2.19 bits per heavy atom. The van der Waals surface area contributed by atoms with Crippen molar-refractivity contribution in [3.63, 3.8) is 0 Å². The molecule has 1 aliphatic rings. The second-order valence-corrected chi connectivity index (χ2v) is 3.34. The molecule has 0 saturated carbocycles. The van der Waals surface area contributed by atoms with Gasteiger partial charge in [-0.3, -0.25) is 0 Å². The molecule has 2 rings (SSSR count). The van der Waals surface area contributed by atoms with Gasteiger partial charge in [-0.15, -0.1) is 0 Å². The van der Waals surface area contributed by atoms with Crippen molar-refractivity contribution in [2.75, 3.05) is 19.8 Å². The van der Waals surface area contributed by atoms with Gasteiger partial charge in [-0.1, -0.05) is 0 Å². The summed E-state index contributed by atoms with van der Waals surface area (Å²) in [5.74, 6) is 3.89. The summed E-state index contributed by atoms with van der Waals surface area (Å²) in [7, 11) is 0. The van der Waals surface area contributed by atoms with Crippen molar-refractivity contribution in [2.24, 2.45) is 5.90 Å². The van der Waals surface area contributed by atoms with E-state index in [9.17, 15) is 9.50 Å². The van der Waals surface area contributed by atoms with E-state index in [1.807, 2.05) is 0 Å². The van der Waals surface area contributed by atoms with Gasteiger partial charge in [0, 0.05) is 12.0 Å². The lowest BCUT2D eigenvalue weighted by molar-refractivity contribution is 0.139. The maximum atomic E-state index is 13.6. The van der Waals surface area contributed by atoms with E-state index in [0.717, 1.165) is 0 Å². The Morgan fingerprint density at radius 1 is 1.44 bits per heavy atom. The van der Waals surface area contributed by atoms with Crippen molar-refractivity contribution in [3.05, 3.63) is 17.4 Å². The first kappa shape index (κ1) is 11.0. The van der Waals surface area contributed by atoms with E-state index >= 15 is 0 Å². The number of hydrogen-bond donors (Lipinski definition) is 2. The Hall–Kier alpha value is -1.53. The Labute approximate surface area is 91.5 Å². The number of nitrogens with two attached hydrogens (primary N) is 1. The third-order valence-electron chi connectivity index (χ3n) is 2.32. The summed E-state index contributed by atoms with van der Waals surface area (Å²) in [6.45, 7) is 0.825. The highest BCUT2D eigenvalue weighted by Gasteiger charge is 2.22. The van der Waals surface area contributed by atoms with Gasteiger partial charge in [0.15, 0.2) is 11.5 Å². The number of phenols is 1. The fourth-order valence-corrected chi connectivity index (χ4v) is 1.55. The van der Waals surface area contributed by atoms with Crippen LogP contribution in [0.4, 0.5) is 4.39 Å². The standard InChI is InChI=1S/C10H12FNO4/c11-8-9(13)6(1-2-16-12)5-7-10(8)15-4-3-14-7/h5,13H,1-4,12H2. The highest BCUT2D eigenvalue weighted by atomic mass is 19.1. The monoisotopic (exact) mass is 229 g/mol. The van der Waals surface area contributed by atoms with Gasteiger partial charge in [0.05, 0.1) is 6.61 Å². The number of phenolic OH excluding ortho intramolecular Hbond substituents is 1.